The van der Waals surface area contributed by atoms with Crippen LogP contribution in [0.4, 0.5) is 0 Å². The lowest BCUT2D eigenvalue weighted by Gasteiger charge is -2.35. The van der Waals surface area contributed by atoms with Crippen LogP contribution < -0.4 is 9.47 Å². The minimum Gasteiger partial charge on any atom is -0.493 e. The van der Waals surface area contributed by atoms with Gasteiger partial charge in [-0.05, 0) is 24.1 Å². The largest absolute Gasteiger partial charge is 0.493 e. The van der Waals surface area contributed by atoms with Crippen LogP contribution in [-0.2, 0) is 6.42 Å². The van der Waals surface area contributed by atoms with Gasteiger partial charge in [0.1, 0.15) is 0 Å². The van der Waals surface area contributed by atoms with Crippen LogP contribution in [0.2, 0.25) is 0 Å². The van der Waals surface area contributed by atoms with Gasteiger partial charge in [-0.25, -0.2) is 0 Å². The first-order valence-corrected chi connectivity index (χ1v) is 6.09. The van der Waals surface area contributed by atoms with Gasteiger partial charge in [-0.15, -0.1) is 0 Å². The number of hydrogen-bond acceptors (Lipinski definition) is 4. The molecule has 0 unspecified atom stereocenters. The van der Waals surface area contributed by atoms with Crippen molar-refractivity contribution in [2.75, 3.05) is 33.9 Å². The van der Waals surface area contributed by atoms with Crippen molar-refractivity contribution in [3.05, 3.63) is 23.8 Å². The van der Waals surface area contributed by atoms with Crippen molar-refractivity contribution in [2.45, 2.75) is 6.42 Å². The maximum absolute atomic E-state index is 8.71. The lowest BCUT2D eigenvalue weighted by Crippen LogP contribution is -2.46. The molecule has 2 rings (SSSR count). The molecule has 1 heterocycles. The Balaban J connectivity index is 1.88. The molecule has 0 N–H and O–H groups in total. The molecule has 4 heteroatoms. The van der Waals surface area contributed by atoms with E-state index in [1.54, 1.807) is 14.2 Å². The lowest BCUT2D eigenvalue weighted by atomic mass is 10.0. The van der Waals surface area contributed by atoms with Crippen molar-refractivity contribution in [1.29, 1.82) is 5.26 Å². The van der Waals surface area contributed by atoms with Crippen molar-refractivity contribution < 1.29 is 9.47 Å². The molecule has 1 fully saturated rings. The average Bonchev–Trinajstić information content (AvgIpc) is 2.37. The molecule has 1 aromatic carbocycles. The lowest BCUT2D eigenvalue weighted by molar-refractivity contribution is 0.137. The summed E-state index contributed by atoms with van der Waals surface area (Å²) in [6.07, 6.45) is 0.971. The quantitative estimate of drug-likeness (QED) is 0.793. The van der Waals surface area contributed by atoms with E-state index in [2.05, 4.69) is 17.0 Å². The molecule has 4 nitrogen and oxygen atoms in total. The summed E-state index contributed by atoms with van der Waals surface area (Å²) in [6, 6.07) is 8.29. The average molecular weight is 246 g/mol. The third-order valence-corrected chi connectivity index (χ3v) is 3.30. The van der Waals surface area contributed by atoms with Gasteiger partial charge in [0.15, 0.2) is 11.5 Å². The predicted octanol–water partition coefficient (Wildman–Crippen LogP) is 1.70. The molecule has 0 aliphatic carbocycles. The highest BCUT2D eigenvalue weighted by Crippen LogP contribution is 2.28. The molecule has 0 bridgehead atoms. The van der Waals surface area contributed by atoms with Crippen LogP contribution in [0.3, 0.4) is 0 Å². The fourth-order valence-corrected chi connectivity index (χ4v) is 2.16. The molecule has 0 radical (unpaired) electrons. The number of methoxy groups -OCH3 is 2. The predicted molar refractivity (Wildman–Crippen MR) is 68.8 cm³/mol. The summed E-state index contributed by atoms with van der Waals surface area (Å²) in [7, 11) is 3.29. The van der Waals surface area contributed by atoms with Crippen LogP contribution in [0.5, 0.6) is 11.5 Å². The summed E-state index contributed by atoms with van der Waals surface area (Å²) in [4.78, 5) is 2.30. The Morgan fingerprint density at radius 2 is 2.00 bits per heavy atom. The Morgan fingerprint density at radius 1 is 1.28 bits per heavy atom. The number of likely N-dealkylation sites (tertiary alicyclic amines) is 1. The highest BCUT2D eigenvalue weighted by atomic mass is 16.5. The number of ether oxygens (including phenoxy) is 2. The molecule has 1 saturated heterocycles. The van der Waals surface area contributed by atoms with Gasteiger partial charge in [0, 0.05) is 19.6 Å². The fraction of sp³-hybridized carbons (Fsp3) is 0.500. The summed E-state index contributed by atoms with van der Waals surface area (Å²) in [5, 5.41) is 8.71. The highest BCUT2D eigenvalue weighted by molar-refractivity contribution is 5.42. The van der Waals surface area contributed by atoms with Crippen molar-refractivity contribution in [3.8, 4) is 17.6 Å². The van der Waals surface area contributed by atoms with E-state index in [4.69, 9.17) is 14.7 Å². The van der Waals surface area contributed by atoms with E-state index in [0.29, 0.717) is 0 Å². The Labute approximate surface area is 108 Å². The van der Waals surface area contributed by atoms with Gasteiger partial charge in [0.2, 0.25) is 0 Å². The molecule has 1 aromatic rings. The van der Waals surface area contributed by atoms with Crippen molar-refractivity contribution in [1.82, 2.24) is 4.90 Å². The van der Waals surface area contributed by atoms with Gasteiger partial charge in [-0.1, -0.05) is 6.07 Å². The third-order valence-electron chi connectivity index (χ3n) is 3.30. The summed E-state index contributed by atoms with van der Waals surface area (Å²) >= 11 is 0. The van der Waals surface area contributed by atoms with Gasteiger partial charge in [0.25, 0.3) is 0 Å². The van der Waals surface area contributed by atoms with E-state index >= 15 is 0 Å². The molecule has 1 aliphatic heterocycles. The zero-order valence-electron chi connectivity index (χ0n) is 10.8. The standard InChI is InChI=1S/C14H18N2O2/c1-17-13-4-3-11(7-14(13)18-2)5-6-16-9-12(8-15)10-16/h3-4,7,12H,5-6,9-10H2,1-2H3. The number of hydrogen-bond donors (Lipinski definition) is 0. The van der Waals surface area contributed by atoms with Crippen LogP contribution in [0.15, 0.2) is 18.2 Å². The normalized spacial score (nSPS) is 15.8. The SMILES string of the molecule is COc1ccc(CCN2CC(C#N)C2)cc1OC. The Bertz CT molecular complexity index is 448. The number of nitrogens with zero attached hydrogens (tertiary/aromatic N) is 2. The van der Waals surface area contributed by atoms with E-state index in [1.807, 2.05) is 12.1 Å². The highest BCUT2D eigenvalue weighted by Gasteiger charge is 2.25. The molecular weight excluding hydrogens is 228 g/mol. The molecule has 96 valence electrons. The minimum atomic E-state index is 0.232. The van der Waals surface area contributed by atoms with Crippen LogP contribution in [-0.4, -0.2) is 38.8 Å². The van der Waals surface area contributed by atoms with Crippen LogP contribution >= 0.6 is 0 Å². The molecule has 0 saturated carbocycles. The molecule has 0 aromatic heterocycles. The second kappa shape index (κ2) is 5.74. The molecular formula is C14H18N2O2. The smallest absolute Gasteiger partial charge is 0.160 e. The third kappa shape index (κ3) is 2.74. The Hall–Kier alpha value is -1.73. The van der Waals surface area contributed by atoms with E-state index in [0.717, 1.165) is 37.6 Å². The second-order valence-corrected chi connectivity index (χ2v) is 4.52. The number of rotatable bonds is 5. The maximum Gasteiger partial charge on any atom is 0.160 e. The zero-order valence-corrected chi connectivity index (χ0v) is 10.8. The molecule has 0 amide bonds. The molecule has 0 spiro atoms. The summed E-state index contributed by atoms with van der Waals surface area (Å²) in [5.74, 6) is 1.76. The van der Waals surface area contributed by atoms with E-state index in [1.165, 1.54) is 5.56 Å². The maximum atomic E-state index is 8.71. The van der Waals surface area contributed by atoms with Crippen LogP contribution in [0.25, 0.3) is 0 Å². The first-order chi connectivity index (χ1) is 8.76. The van der Waals surface area contributed by atoms with Gasteiger partial charge < -0.3 is 14.4 Å². The fourth-order valence-electron chi connectivity index (χ4n) is 2.16. The Morgan fingerprint density at radius 3 is 2.61 bits per heavy atom. The van der Waals surface area contributed by atoms with Crippen molar-refractivity contribution in [3.63, 3.8) is 0 Å². The first kappa shape index (κ1) is 12.7. The van der Waals surface area contributed by atoms with Crippen LogP contribution in [0.1, 0.15) is 5.56 Å². The van der Waals surface area contributed by atoms with Gasteiger partial charge >= 0.3 is 0 Å². The number of nitriles is 1. The van der Waals surface area contributed by atoms with Crippen molar-refractivity contribution >= 4 is 0 Å². The molecule has 18 heavy (non-hydrogen) atoms. The summed E-state index contributed by atoms with van der Waals surface area (Å²) < 4.78 is 10.5. The van der Waals surface area contributed by atoms with Gasteiger partial charge in [-0.3, -0.25) is 0 Å². The van der Waals surface area contributed by atoms with Gasteiger partial charge in [0.05, 0.1) is 26.2 Å². The van der Waals surface area contributed by atoms with E-state index in [-0.39, 0.29) is 5.92 Å². The molecule has 0 atom stereocenters. The topological polar surface area (TPSA) is 45.5 Å². The van der Waals surface area contributed by atoms with Crippen LogP contribution in [0, 0.1) is 17.2 Å². The van der Waals surface area contributed by atoms with Crippen molar-refractivity contribution in [2.24, 2.45) is 5.92 Å². The minimum absolute atomic E-state index is 0.232. The van der Waals surface area contributed by atoms with E-state index in [9.17, 15) is 0 Å². The Kier molecular flexibility index (Phi) is 4.06. The summed E-state index contributed by atoms with van der Waals surface area (Å²) in [6.45, 7) is 2.81. The number of benzene rings is 1. The van der Waals surface area contributed by atoms with Gasteiger partial charge in [-0.2, -0.15) is 5.26 Å². The molecule has 1 aliphatic rings. The monoisotopic (exact) mass is 246 g/mol. The second-order valence-electron chi connectivity index (χ2n) is 4.52. The first-order valence-electron chi connectivity index (χ1n) is 6.09. The zero-order chi connectivity index (χ0) is 13.0. The summed E-state index contributed by atoms with van der Waals surface area (Å²) in [5.41, 5.74) is 1.23. The van der Waals surface area contributed by atoms with E-state index < -0.39 is 0 Å².